The molecule has 0 bridgehead atoms. The number of halogens is 3. The summed E-state index contributed by atoms with van der Waals surface area (Å²) in [7, 11) is -2.37. The third-order valence-electron chi connectivity index (χ3n) is 2.41. The van der Waals surface area contributed by atoms with E-state index < -0.39 is 27.8 Å². The van der Waals surface area contributed by atoms with Gasteiger partial charge in [-0.3, -0.25) is 9.59 Å². The molecular weight excluding hydrogens is 311 g/mol. The summed E-state index contributed by atoms with van der Waals surface area (Å²) in [5.41, 5.74) is 0.392. The molecule has 9 heteroatoms. The van der Waals surface area contributed by atoms with Gasteiger partial charge in [0, 0.05) is 11.2 Å². The van der Waals surface area contributed by atoms with Crippen LogP contribution in [0.5, 0.6) is 0 Å². The Bertz CT molecular complexity index is 675. The van der Waals surface area contributed by atoms with E-state index in [9.17, 15) is 27.0 Å². The molecule has 0 fully saturated rings. The Balaban J connectivity index is 3.18. The Hall–Kier alpha value is -1.90. The standard InChI is InChI=1S/C12H12F3NO4S/c1-20-10(17)7-8-4-3-5-9(6-8)21(2,19)16-11(18)12(13,14)15/h3-6H,7H2,1-2H3. The SMILES string of the molecule is COC(=O)Cc1cccc(S(C)(=O)=NC(=O)C(F)(F)F)c1. The molecule has 1 unspecified atom stereocenters. The lowest BCUT2D eigenvalue weighted by atomic mass is 10.1. The lowest BCUT2D eigenvalue weighted by Crippen LogP contribution is -2.21. The Labute approximate surface area is 119 Å². The number of benzene rings is 1. The second kappa shape index (κ2) is 6.25. The lowest BCUT2D eigenvalue weighted by molar-refractivity contribution is -0.169. The molecule has 21 heavy (non-hydrogen) atoms. The first-order valence-corrected chi connectivity index (χ1v) is 7.47. The number of amides is 1. The number of esters is 1. The first-order chi connectivity index (χ1) is 9.56. The number of carbonyl (C=O) groups excluding carboxylic acids is 2. The van der Waals surface area contributed by atoms with E-state index in [0.717, 1.165) is 6.26 Å². The number of hydrogen-bond donors (Lipinski definition) is 0. The minimum atomic E-state index is -5.18. The number of carbonyl (C=O) groups is 2. The largest absolute Gasteiger partial charge is 0.474 e. The van der Waals surface area contributed by atoms with E-state index in [1.807, 2.05) is 0 Å². The number of methoxy groups -OCH3 is 1. The van der Waals surface area contributed by atoms with Crippen molar-refractivity contribution in [3.8, 4) is 0 Å². The van der Waals surface area contributed by atoms with Crippen molar-refractivity contribution in [3.63, 3.8) is 0 Å². The van der Waals surface area contributed by atoms with Gasteiger partial charge in [-0.25, -0.2) is 4.21 Å². The van der Waals surface area contributed by atoms with Crippen LogP contribution in [0.15, 0.2) is 33.5 Å². The molecule has 0 aromatic heterocycles. The van der Waals surface area contributed by atoms with Gasteiger partial charge < -0.3 is 4.74 Å². The average molecular weight is 323 g/mol. The molecule has 0 heterocycles. The third-order valence-corrected chi connectivity index (χ3v) is 4.05. The van der Waals surface area contributed by atoms with Gasteiger partial charge in [-0.2, -0.15) is 13.2 Å². The maximum Gasteiger partial charge on any atom is 0.474 e. The smallest absolute Gasteiger partial charge is 0.469 e. The van der Waals surface area contributed by atoms with Crippen molar-refractivity contribution in [1.29, 1.82) is 0 Å². The van der Waals surface area contributed by atoms with Crippen LogP contribution in [0.25, 0.3) is 0 Å². The van der Waals surface area contributed by atoms with Gasteiger partial charge in [0.05, 0.1) is 23.3 Å². The van der Waals surface area contributed by atoms with Crippen molar-refractivity contribution in [2.24, 2.45) is 4.36 Å². The van der Waals surface area contributed by atoms with Gasteiger partial charge in [-0.05, 0) is 17.7 Å². The minimum absolute atomic E-state index is 0.0681. The fourth-order valence-corrected chi connectivity index (χ4v) is 2.62. The van der Waals surface area contributed by atoms with Gasteiger partial charge in [0.15, 0.2) is 0 Å². The lowest BCUT2D eigenvalue weighted by Gasteiger charge is -2.07. The second-order valence-electron chi connectivity index (χ2n) is 4.10. The van der Waals surface area contributed by atoms with Gasteiger partial charge in [0.1, 0.15) is 0 Å². The van der Waals surface area contributed by atoms with E-state index in [1.165, 1.54) is 31.4 Å². The molecule has 1 aromatic rings. The summed E-state index contributed by atoms with van der Waals surface area (Å²) in [6, 6.07) is 5.45. The Morgan fingerprint density at radius 2 is 1.95 bits per heavy atom. The summed E-state index contributed by atoms with van der Waals surface area (Å²) in [6.07, 6.45) is -4.39. The molecule has 0 aliphatic rings. The Morgan fingerprint density at radius 3 is 2.48 bits per heavy atom. The molecule has 5 nitrogen and oxygen atoms in total. The maximum absolute atomic E-state index is 12.2. The molecule has 0 N–H and O–H groups in total. The minimum Gasteiger partial charge on any atom is -0.469 e. The molecule has 1 rings (SSSR count). The fraction of sp³-hybridized carbons (Fsp3) is 0.333. The van der Waals surface area contributed by atoms with Gasteiger partial charge in [-0.1, -0.05) is 12.1 Å². The molecule has 0 aliphatic heterocycles. The van der Waals surface area contributed by atoms with E-state index in [4.69, 9.17) is 0 Å². The topological polar surface area (TPSA) is 72.8 Å². The number of rotatable bonds is 3. The molecule has 1 atom stereocenters. The highest BCUT2D eigenvalue weighted by Crippen LogP contribution is 2.20. The number of hydrogen-bond acceptors (Lipinski definition) is 4. The second-order valence-corrected chi connectivity index (χ2v) is 6.36. The molecule has 1 amide bonds. The zero-order valence-electron chi connectivity index (χ0n) is 11.1. The summed E-state index contributed by atoms with van der Waals surface area (Å²) < 4.78 is 55.8. The van der Waals surface area contributed by atoms with Crippen LogP contribution in [0.3, 0.4) is 0 Å². The van der Waals surface area contributed by atoms with Crippen molar-refractivity contribution in [2.45, 2.75) is 17.5 Å². The van der Waals surface area contributed by atoms with Gasteiger partial charge >= 0.3 is 18.1 Å². The predicted octanol–water partition coefficient (Wildman–Crippen LogP) is 1.95. The average Bonchev–Trinajstić information content (AvgIpc) is 2.37. The van der Waals surface area contributed by atoms with Gasteiger partial charge in [-0.15, -0.1) is 4.36 Å². The normalized spacial score (nSPS) is 14.1. The van der Waals surface area contributed by atoms with Crippen LogP contribution in [-0.4, -0.2) is 35.6 Å². The first-order valence-electron chi connectivity index (χ1n) is 5.55. The first kappa shape index (κ1) is 17.2. The zero-order valence-corrected chi connectivity index (χ0v) is 12.0. The van der Waals surface area contributed by atoms with Crippen molar-refractivity contribution < 1.29 is 31.7 Å². The molecule has 0 aliphatic carbocycles. The molecular formula is C12H12F3NO4S. The highest BCUT2D eigenvalue weighted by molar-refractivity contribution is 7.93. The van der Waals surface area contributed by atoms with Crippen LogP contribution in [0.4, 0.5) is 13.2 Å². The third kappa shape index (κ3) is 4.85. The predicted molar refractivity (Wildman–Crippen MR) is 68.0 cm³/mol. The number of alkyl halides is 3. The maximum atomic E-state index is 12.2. The molecule has 1 aromatic carbocycles. The summed E-state index contributed by atoms with van der Waals surface area (Å²) in [4.78, 5) is 21.9. The van der Waals surface area contributed by atoms with Crippen LogP contribution >= 0.6 is 0 Å². The molecule has 116 valence electrons. The summed E-state index contributed by atoms with van der Waals surface area (Å²) in [5.74, 6) is -2.97. The zero-order chi connectivity index (χ0) is 16.3. The number of ether oxygens (including phenoxy) is 1. The van der Waals surface area contributed by atoms with Crippen LogP contribution in [-0.2, 0) is 30.5 Å². The van der Waals surface area contributed by atoms with Gasteiger partial charge in [0.2, 0.25) is 0 Å². The molecule has 0 saturated heterocycles. The fourth-order valence-electron chi connectivity index (χ4n) is 1.39. The van der Waals surface area contributed by atoms with Crippen LogP contribution in [0.2, 0.25) is 0 Å². The highest BCUT2D eigenvalue weighted by Gasteiger charge is 2.39. The van der Waals surface area contributed by atoms with Crippen LogP contribution in [0.1, 0.15) is 5.56 Å². The van der Waals surface area contributed by atoms with Crippen molar-refractivity contribution in [2.75, 3.05) is 13.4 Å². The van der Waals surface area contributed by atoms with E-state index in [-0.39, 0.29) is 11.3 Å². The van der Waals surface area contributed by atoms with Crippen molar-refractivity contribution in [3.05, 3.63) is 29.8 Å². The summed E-state index contributed by atoms with van der Waals surface area (Å²) >= 11 is 0. The van der Waals surface area contributed by atoms with E-state index in [2.05, 4.69) is 9.10 Å². The number of nitrogens with zero attached hydrogens (tertiary/aromatic N) is 1. The summed E-state index contributed by atoms with van der Waals surface area (Å²) in [6.45, 7) is 0. The summed E-state index contributed by atoms with van der Waals surface area (Å²) in [5, 5.41) is 0. The van der Waals surface area contributed by atoms with E-state index in [0.29, 0.717) is 5.56 Å². The quantitative estimate of drug-likeness (QED) is 0.797. The van der Waals surface area contributed by atoms with Crippen LogP contribution < -0.4 is 0 Å². The highest BCUT2D eigenvalue weighted by atomic mass is 32.2. The Morgan fingerprint density at radius 1 is 1.33 bits per heavy atom. The van der Waals surface area contributed by atoms with E-state index >= 15 is 0 Å². The van der Waals surface area contributed by atoms with E-state index in [1.54, 1.807) is 0 Å². The molecule has 0 saturated carbocycles. The monoisotopic (exact) mass is 323 g/mol. The van der Waals surface area contributed by atoms with Crippen molar-refractivity contribution in [1.82, 2.24) is 0 Å². The molecule has 0 radical (unpaired) electrons. The Kier molecular flexibility index (Phi) is 5.10. The van der Waals surface area contributed by atoms with Crippen LogP contribution in [0, 0.1) is 0 Å². The van der Waals surface area contributed by atoms with Crippen molar-refractivity contribution >= 4 is 21.6 Å². The molecule has 0 spiro atoms. The van der Waals surface area contributed by atoms with Gasteiger partial charge in [0.25, 0.3) is 0 Å².